The van der Waals surface area contributed by atoms with Crippen molar-refractivity contribution < 1.29 is 14.6 Å². The van der Waals surface area contributed by atoms with E-state index in [1.165, 1.54) is 11.8 Å². The molecule has 0 saturated heterocycles. The van der Waals surface area contributed by atoms with Crippen LogP contribution in [0.2, 0.25) is 0 Å². The molecule has 0 aromatic heterocycles. The zero-order chi connectivity index (χ0) is 14.7. The summed E-state index contributed by atoms with van der Waals surface area (Å²) >= 11 is 1.30. The molecular weight excluding hydrogens is 276 g/mol. The first-order valence-electron chi connectivity index (χ1n) is 6.20. The molecule has 20 heavy (non-hydrogen) atoms. The molecule has 106 valence electrons. The molecule has 1 aliphatic heterocycles. The van der Waals surface area contributed by atoms with Gasteiger partial charge in [0.2, 0.25) is 0 Å². The third kappa shape index (κ3) is 3.02. The van der Waals surface area contributed by atoms with E-state index in [4.69, 9.17) is 10.5 Å². The standard InChI is InChI=1S/C14H16N2O3S/c1-3-19-13(18)11-8(2)16-14(15)20-12(11)9-4-6-10(17)7-5-9/h4-7,14,17H,3,15H2,1-2H3. The molecule has 1 aromatic carbocycles. The molecule has 5 nitrogen and oxygen atoms in total. The number of carbonyl (C=O) groups excluding carboxylic acids is 1. The normalized spacial score (nSPS) is 18.8. The van der Waals surface area contributed by atoms with E-state index in [1.54, 1.807) is 38.1 Å². The third-order valence-corrected chi connectivity index (χ3v) is 3.78. The maximum atomic E-state index is 12.1. The Morgan fingerprint density at radius 2 is 2.10 bits per heavy atom. The molecule has 1 heterocycles. The smallest absolute Gasteiger partial charge is 0.341 e. The molecule has 0 radical (unpaired) electrons. The zero-order valence-electron chi connectivity index (χ0n) is 11.3. The second-order valence-electron chi connectivity index (χ2n) is 4.19. The van der Waals surface area contributed by atoms with E-state index in [-0.39, 0.29) is 5.75 Å². The maximum absolute atomic E-state index is 12.1. The van der Waals surface area contributed by atoms with Gasteiger partial charge < -0.3 is 15.6 Å². The van der Waals surface area contributed by atoms with Crippen molar-refractivity contribution in [3.8, 4) is 5.75 Å². The average Bonchev–Trinajstić information content (AvgIpc) is 2.38. The summed E-state index contributed by atoms with van der Waals surface area (Å²) in [5.74, 6) is -0.237. The van der Waals surface area contributed by atoms with E-state index >= 15 is 0 Å². The molecule has 0 aliphatic carbocycles. The zero-order valence-corrected chi connectivity index (χ0v) is 12.1. The van der Waals surface area contributed by atoms with Gasteiger partial charge in [0.15, 0.2) is 0 Å². The van der Waals surface area contributed by atoms with Crippen molar-refractivity contribution in [3.05, 3.63) is 35.4 Å². The molecule has 3 N–H and O–H groups in total. The van der Waals surface area contributed by atoms with E-state index in [0.717, 1.165) is 10.5 Å². The molecule has 0 spiro atoms. The molecule has 0 bridgehead atoms. The minimum absolute atomic E-state index is 0.169. The highest BCUT2D eigenvalue weighted by atomic mass is 32.2. The fraction of sp³-hybridized carbons (Fsp3) is 0.286. The largest absolute Gasteiger partial charge is 0.508 e. The molecule has 0 fully saturated rings. The molecule has 2 rings (SSSR count). The monoisotopic (exact) mass is 292 g/mol. The molecule has 1 aliphatic rings. The van der Waals surface area contributed by atoms with Crippen LogP contribution in [0.25, 0.3) is 4.91 Å². The molecule has 1 aromatic rings. The third-order valence-electron chi connectivity index (χ3n) is 2.76. The number of rotatable bonds is 3. The summed E-state index contributed by atoms with van der Waals surface area (Å²) in [6.45, 7) is 3.80. The van der Waals surface area contributed by atoms with Gasteiger partial charge in [0.25, 0.3) is 0 Å². The lowest BCUT2D eigenvalue weighted by Gasteiger charge is -2.21. The summed E-state index contributed by atoms with van der Waals surface area (Å²) in [7, 11) is 0. The molecule has 6 heteroatoms. The molecule has 1 unspecified atom stereocenters. The van der Waals surface area contributed by atoms with E-state index in [0.29, 0.717) is 17.9 Å². The van der Waals surface area contributed by atoms with Crippen LogP contribution in [-0.2, 0) is 9.53 Å². The van der Waals surface area contributed by atoms with Crippen molar-refractivity contribution >= 4 is 28.3 Å². The molecule has 0 amide bonds. The van der Waals surface area contributed by atoms with Crippen LogP contribution in [0.15, 0.2) is 34.8 Å². The molecule has 1 atom stereocenters. The van der Waals surface area contributed by atoms with Crippen LogP contribution >= 0.6 is 11.8 Å². The number of benzene rings is 1. The Morgan fingerprint density at radius 3 is 2.70 bits per heavy atom. The van der Waals surface area contributed by atoms with Gasteiger partial charge >= 0.3 is 5.97 Å². The van der Waals surface area contributed by atoms with Crippen LogP contribution in [0.4, 0.5) is 0 Å². The van der Waals surface area contributed by atoms with Gasteiger partial charge in [-0.1, -0.05) is 23.9 Å². The highest BCUT2D eigenvalue weighted by molar-refractivity contribution is 8.09. The van der Waals surface area contributed by atoms with Crippen molar-refractivity contribution in [2.24, 2.45) is 10.7 Å². The summed E-state index contributed by atoms with van der Waals surface area (Å²) in [4.78, 5) is 17.0. The second-order valence-corrected chi connectivity index (χ2v) is 5.32. The van der Waals surface area contributed by atoms with Gasteiger partial charge in [0, 0.05) is 4.91 Å². The number of phenols is 1. The van der Waals surface area contributed by atoms with Crippen molar-refractivity contribution in [1.82, 2.24) is 0 Å². The highest BCUT2D eigenvalue weighted by Crippen LogP contribution is 2.37. The number of esters is 1. The average molecular weight is 292 g/mol. The Balaban J connectivity index is 2.51. The number of hydrogen-bond donors (Lipinski definition) is 2. The number of aromatic hydroxyl groups is 1. The van der Waals surface area contributed by atoms with Gasteiger partial charge in [0.1, 0.15) is 11.2 Å². The van der Waals surface area contributed by atoms with Crippen LogP contribution in [0.5, 0.6) is 5.75 Å². The van der Waals surface area contributed by atoms with Gasteiger partial charge in [-0.2, -0.15) is 0 Å². The Labute approximate surface area is 121 Å². The number of carbonyl (C=O) groups is 1. The Morgan fingerprint density at radius 1 is 1.45 bits per heavy atom. The van der Waals surface area contributed by atoms with E-state index in [9.17, 15) is 9.90 Å². The van der Waals surface area contributed by atoms with Crippen molar-refractivity contribution in [3.63, 3.8) is 0 Å². The topological polar surface area (TPSA) is 84.9 Å². The van der Waals surface area contributed by atoms with Crippen LogP contribution < -0.4 is 5.73 Å². The summed E-state index contributed by atoms with van der Waals surface area (Å²) in [5, 5.41) is 9.36. The summed E-state index contributed by atoms with van der Waals surface area (Å²) < 4.78 is 5.08. The predicted octanol–water partition coefficient (Wildman–Crippen LogP) is 2.12. The van der Waals surface area contributed by atoms with E-state index in [1.807, 2.05) is 0 Å². The SMILES string of the molecule is CCOC(=O)C1=C(c2ccc(O)cc2)SC(N)N=C1C. The van der Waals surface area contributed by atoms with Crippen molar-refractivity contribution in [2.45, 2.75) is 19.3 Å². The minimum atomic E-state index is -0.447. The summed E-state index contributed by atoms with van der Waals surface area (Å²) in [5.41, 5.74) is 7.22. The highest BCUT2D eigenvalue weighted by Gasteiger charge is 2.27. The van der Waals surface area contributed by atoms with Crippen molar-refractivity contribution in [1.29, 1.82) is 0 Å². The lowest BCUT2D eigenvalue weighted by molar-refractivity contribution is -0.137. The van der Waals surface area contributed by atoms with Crippen molar-refractivity contribution in [2.75, 3.05) is 6.61 Å². The van der Waals surface area contributed by atoms with Gasteiger partial charge in [-0.3, -0.25) is 4.99 Å². The first-order chi connectivity index (χ1) is 9.52. The molecular formula is C14H16N2O3S. The van der Waals surface area contributed by atoms with Gasteiger partial charge in [-0.05, 0) is 31.5 Å². The van der Waals surface area contributed by atoms with Crippen LogP contribution in [0.1, 0.15) is 19.4 Å². The van der Waals surface area contributed by atoms with Crippen LogP contribution in [0, 0.1) is 0 Å². The quantitative estimate of drug-likeness (QED) is 0.833. The van der Waals surface area contributed by atoms with Gasteiger partial charge in [0.05, 0.1) is 17.9 Å². The number of ether oxygens (including phenoxy) is 1. The first kappa shape index (κ1) is 14.6. The number of aliphatic imine (C=N–C) groups is 1. The predicted molar refractivity (Wildman–Crippen MR) is 80.3 cm³/mol. The van der Waals surface area contributed by atoms with E-state index < -0.39 is 11.5 Å². The first-order valence-corrected chi connectivity index (χ1v) is 7.08. The number of phenolic OH excluding ortho intramolecular Hbond substituents is 1. The Kier molecular flexibility index (Phi) is 4.46. The maximum Gasteiger partial charge on any atom is 0.341 e. The summed E-state index contributed by atoms with van der Waals surface area (Å²) in [6.07, 6.45) is 0. The number of hydrogen-bond acceptors (Lipinski definition) is 6. The van der Waals surface area contributed by atoms with Crippen LogP contribution in [-0.4, -0.2) is 28.9 Å². The minimum Gasteiger partial charge on any atom is -0.508 e. The van der Waals surface area contributed by atoms with Gasteiger partial charge in [-0.15, -0.1) is 0 Å². The molecule has 0 saturated carbocycles. The van der Waals surface area contributed by atoms with E-state index in [2.05, 4.69) is 4.99 Å². The lowest BCUT2D eigenvalue weighted by atomic mass is 10.1. The lowest BCUT2D eigenvalue weighted by Crippen LogP contribution is -2.24. The Bertz CT molecular complexity index is 579. The fourth-order valence-electron chi connectivity index (χ4n) is 1.89. The summed E-state index contributed by atoms with van der Waals surface area (Å²) in [6, 6.07) is 6.61. The Hall–Kier alpha value is -1.79. The van der Waals surface area contributed by atoms with Crippen LogP contribution in [0.3, 0.4) is 0 Å². The second kappa shape index (κ2) is 6.11. The number of nitrogens with zero attached hydrogens (tertiary/aromatic N) is 1. The number of thioether (sulfide) groups is 1. The number of nitrogens with two attached hydrogens (primary N) is 1. The fourth-order valence-corrected chi connectivity index (χ4v) is 2.97. The van der Waals surface area contributed by atoms with Gasteiger partial charge in [-0.25, -0.2) is 4.79 Å².